The van der Waals surface area contributed by atoms with Crippen molar-refractivity contribution in [3.05, 3.63) is 0 Å². The Morgan fingerprint density at radius 1 is 0.476 bits per heavy atom. The summed E-state index contributed by atoms with van der Waals surface area (Å²) in [7, 11) is 0. The molecular weight excluding hydrogens is 518 g/mol. The number of hydrogen-bond acceptors (Lipinski definition) is 3. The van der Waals surface area contributed by atoms with Gasteiger partial charge in [0.25, 0.3) is 0 Å². The summed E-state index contributed by atoms with van der Waals surface area (Å²) >= 11 is 0. The molecule has 0 bridgehead atoms. The maximum absolute atomic E-state index is 12.3. The summed E-state index contributed by atoms with van der Waals surface area (Å²) in [4.78, 5) is 12.3. The summed E-state index contributed by atoms with van der Waals surface area (Å²) in [6.07, 6.45) is 40.1. The zero-order valence-electron chi connectivity index (χ0n) is 28.8. The standard InChI is InChI=1S/C38H77NO3/c1-3-5-7-9-11-13-15-17-19-21-23-25-27-29-31-33-37(41)36(35-40)39-38(42)34-32-30-28-26-24-22-20-18-16-14-12-10-8-6-4-2/h36-37,40-41H,3-35H2,1-2H3,(H,39,42). The third-order valence-electron chi connectivity index (χ3n) is 9.12. The SMILES string of the molecule is CCCCCCCCCCCCCCCCCC(=O)NC(CO)C(O)CCCCCCCCCCCCCCCCC. The molecule has 0 fully saturated rings. The van der Waals surface area contributed by atoms with E-state index < -0.39 is 12.1 Å². The van der Waals surface area contributed by atoms with Crippen molar-refractivity contribution in [1.29, 1.82) is 0 Å². The van der Waals surface area contributed by atoms with E-state index in [1.54, 1.807) is 0 Å². The number of aliphatic hydroxyl groups is 2. The summed E-state index contributed by atoms with van der Waals surface area (Å²) in [6.45, 7) is 4.37. The molecule has 252 valence electrons. The minimum absolute atomic E-state index is 0.0284. The normalized spacial score (nSPS) is 13.0. The van der Waals surface area contributed by atoms with Crippen LogP contribution >= 0.6 is 0 Å². The number of nitrogens with one attached hydrogen (secondary N) is 1. The summed E-state index contributed by atoms with van der Waals surface area (Å²) in [5.74, 6) is -0.0284. The molecule has 0 aromatic carbocycles. The number of aliphatic hydroxyl groups excluding tert-OH is 2. The van der Waals surface area contributed by atoms with Crippen molar-refractivity contribution in [2.45, 2.75) is 231 Å². The molecule has 0 heterocycles. The van der Waals surface area contributed by atoms with Gasteiger partial charge in [0, 0.05) is 6.42 Å². The molecular formula is C38H77NO3. The second-order valence-electron chi connectivity index (χ2n) is 13.4. The van der Waals surface area contributed by atoms with Crippen molar-refractivity contribution < 1.29 is 15.0 Å². The fourth-order valence-corrected chi connectivity index (χ4v) is 6.13. The van der Waals surface area contributed by atoms with Crippen molar-refractivity contribution in [1.82, 2.24) is 5.32 Å². The highest BCUT2D eigenvalue weighted by atomic mass is 16.3. The first-order valence-corrected chi connectivity index (χ1v) is 19.2. The maximum Gasteiger partial charge on any atom is 0.220 e. The van der Waals surface area contributed by atoms with Gasteiger partial charge in [-0.1, -0.05) is 200 Å². The van der Waals surface area contributed by atoms with Crippen LogP contribution in [0.25, 0.3) is 0 Å². The van der Waals surface area contributed by atoms with Crippen molar-refractivity contribution in [3.8, 4) is 0 Å². The van der Waals surface area contributed by atoms with Crippen molar-refractivity contribution >= 4 is 5.91 Å². The molecule has 0 aromatic rings. The highest BCUT2D eigenvalue weighted by Crippen LogP contribution is 2.16. The van der Waals surface area contributed by atoms with Gasteiger partial charge >= 0.3 is 0 Å². The van der Waals surface area contributed by atoms with Crippen molar-refractivity contribution in [2.75, 3.05) is 6.61 Å². The summed E-state index contributed by atoms with van der Waals surface area (Å²) in [5.41, 5.74) is 0. The predicted octanol–water partition coefficient (Wildman–Crippen LogP) is 11.3. The Hall–Kier alpha value is -0.610. The van der Waals surface area contributed by atoms with E-state index in [9.17, 15) is 15.0 Å². The Balaban J connectivity index is 3.51. The summed E-state index contributed by atoms with van der Waals surface area (Å²) < 4.78 is 0. The van der Waals surface area contributed by atoms with Crippen LogP contribution in [0, 0.1) is 0 Å². The molecule has 0 spiro atoms. The van der Waals surface area contributed by atoms with Crippen LogP contribution in [0.4, 0.5) is 0 Å². The lowest BCUT2D eigenvalue weighted by Gasteiger charge is -2.22. The van der Waals surface area contributed by atoms with Gasteiger partial charge in [0.05, 0.1) is 18.8 Å². The second kappa shape index (κ2) is 34.9. The molecule has 4 nitrogen and oxygen atoms in total. The topological polar surface area (TPSA) is 69.6 Å². The minimum Gasteiger partial charge on any atom is -0.394 e. The Morgan fingerprint density at radius 3 is 1.07 bits per heavy atom. The molecule has 0 aliphatic carbocycles. The fraction of sp³-hybridized carbons (Fsp3) is 0.974. The smallest absolute Gasteiger partial charge is 0.220 e. The van der Waals surface area contributed by atoms with Gasteiger partial charge in [0.1, 0.15) is 0 Å². The van der Waals surface area contributed by atoms with Gasteiger partial charge in [-0.25, -0.2) is 0 Å². The number of unbranched alkanes of at least 4 members (excludes halogenated alkanes) is 28. The van der Waals surface area contributed by atoms with Crippen LogP contribution in [-0.4, -0.2) is 34.9 Å². The largest absolute Gasteiger partial charge is 0.394 e. The molecule has 4 heteroatoms. The maximum atomic E-state index is 12.3. The fourth-order valence-electron chi connectivity index (χ4n) is 6.13. The van der Waals surface area contributed by atoms with Crippen LogP contribution in [0.2, 0.25) is 0 Å². The lowest BCUT2D eigenvalue weighted by atomic mass is 10.0. The van der Waals surface area contributed by atoms with Crippen molar-refractivity contribution in [3.63, 3.8) is 0 Å². The third kappa shape index (κ3) is 30.8. The first kappa shape index (κ1) is 41.4. The second-order valence-corrected chi connectivity index (χ2v) is 13.4. The first-order chi connectivity index (χ1) is 20.7. The Labute approximate surface area is 264 Å². The third-order valence-corrected chi connectivity index (χ3v) is 9.12. The number of carbonyl (C=O) groups is 1. The molecule has 0 saturated carbocycles. The number of carbonyl (C=O) groups excluding carboxylic acids is 1. The number of amides is 1. The summed E-state index contributed by atoms with van der Waals surface area (Å²) in [6, 6.07) is -0.527. The van der Waals surface area contributed by atoms with Crippen LogP contribution in [0.5, 0.6) is 0 Å². The lowest BCUT2D eigenvalue weighted by Crippen LogP contribution is -2.45. The van der Waals surface area contributed by atoms with E-state index >= 15 is 0 Å². The molecule has 0 rings (SSSR count). The van der Waals surface area contributed by atoms with Gasteiger partial charge in [-0.15, -0.1) is 0 Å². The highest BCUT2D eigenvalue weighted by Gasteiger charge is 2.19. The Kier molecular flexibility index (Phi) is 34.4. The molecule has 42 heavy (non-hydrogen) atoms. The number of rotatable bonds is 35. The van der Waals surface area contributed by atoms with Crippen LogP contribution in [0.1, 0.15) is 219 Å². The van der Waals surface area contributed by atoms with Gasteiger partial charge in [0.2, 0.25) is 5.91 Å². The lowest BCUT2D eigenvalue weighted by molar-refractivity contribution is -0.123. The van der Waals surface area contributed by atoms with Gasteiger partial charge in [0.15, 0.2) is 0 Å². The average molecular weight is 596 g/mol. The van der Waals surface area contributed by atoms with E-state index in [1.807, 2.05) is 0 Å². The molecule has 0 aliphatic rings. The molecule has 3 N–H and O–H groups in total. The molecule has 0 aromatic heterocycles. The molecule has 1 amide bonds. The van der Waals surface area contributed by atoms with E-state index in [1.165, 1.54) is 167 Å². The Morgan fingerprint density at radius 2 is 0.762 bits per heavy atom. The van der Waals surface area contributed by atoms with E-state index in [4.69, 9.17) is 0 Å². The van der Waals surface area contributed by atoms with Crippen LogP contribution in [-0.2, 0) is 4.79 Å². The summed E-state index contributed by atoms with van der Waals surface area (Å²) in [5, 5.41) is 23.1. The minimum atomic E-state index is -0.651. The number of hydrogen-bond donors (Lipinski definition) is 3. The Bertz CT molecular complexity index is 526. The van der Waals surface area contributed by atoms with Crippen LogP contribution in [0.15, 0.2) is 0 Å². The monoisotopic (exact) mass is 596 g/mol. The van der Waals surface area contributed by atoms with E-state index in [0.717, 1.165) is 25.7 Å². The van der Waals surface area contributed by atoms with Gasteiger partial charge < -0.3 is 15.5 Å². The molecule has 2 unspecified atom stereocenters. The van der Waals surface area contributed by atoms with E-state index in [-0.39, 0.29) is 12.5 Å². The molecule has 2 atom stereocenters. The first-order valence-electron chi connectivity index (χ1n) is 19.2. The van der Waals surface area contributed by atoms with Crippen LogP contribution < -0.4 is 5.32 Å². The predicted molar refractivity (Wildman–Crippen MR) is 184 cm³/mol. The van der Waals surface area contributed by atoms with Crippen LogP contribution in [0.3, 0.4) is 0 Å². The molecule has 0 aliphatic heterocycles. The average Bonchev–Trinajstić information content (AvgIpc) is 2.99. The zero-order chi connectivity index (χ0) is 30.8. The van der Waals surface area contributed by atoms with Gasteiger partial charge in [-0.2, -0.15) is 0 Å². The van der Waals surface area contributed by atoms with Crippen molar-refractivity contribution in [2.24, 2.45) is 0 Å². The zero-order valence-corrected chi connectivity index (χ0v) is 28.8. The molecule has 0 radical (unpaired) electrons. The highest BCUT2D eigenvalue weighted by molar-refractivity contribution is 5.76. The van der Waals surface area contributed by atoms with E-state index in [2.05, 4.69) is 19.2 Å². The quantitative estimate of drug-likeness (QED) is 0.0638. The van der Waals surface area contributed by atoms with Gasteiger partial charge in [-0.05, 0) is 12.8 Å². The molecule has 0 saturated heterocycles. The van der Waals surface area contributed by atoms with Gasteiger partial charge in [-0.3, -0.25) is 4.79 Å². The van der Waals surface area contributed by atoms with E-state index in [0.29, 0.717) is 12.8 Å².